The third-order valence-corrected chi connectivity index (χ3v) is 4.52. The molecule has 3 nitrogen and oxygen atoms in total. The molecular weight excluding hydrogens is 250 g/mol. The Morgan fingerprint density at radius 2 is 1.75 bits per heavy atom. The largest absolute Gasteiger partial charge is 0.490 e. The van der Waals surface area contributed by atoms with Crippen molar-refractivity contribution in [3.63, 3.8) is 0 Å². The highest BCUT2D eigenvalue weighted by atomic mass is 16.5. The van der Waals surface area contributed by atoms with Gasteiger partial charge in [-0.05, 0) is 44.6 Å². The van der Waals surface area contributed by atoms with Gasteiger partial charge in [-0.25, -0.2) is 0 Å². The zero-order chi connectivity index (χ0) is 13.8. The number of benzene rings is 1. The van der Waals surface area contributed by atoms with E-state index < -0.39 is 0 Å². The highest BCUT2D eigenvalue weighted by Gasteiger charge is 2.20. The monoisotopic (exact) mass is 275 g/mol. The molecule has 1 aliphatic heterocycles. The van der Waals surface area contributed by atoms with Gasteiger partial charge in [0.05, 0.1) is 12.2 Å². The van der Waals surface area contributed by atoms with E-state index in [0.29, 0.717) is 6.10 Å². The fourth-order valence-electron chi connectivity index (χ4n) is 3.25. The first-order valence-corrected chi connectivity index (χ1v) is 7.96. The number of ether oxygens (including phenoxy) is 1. The Bertz CT molecular complexity index is 421. The lowest BCUT2D eigenvalue weighted by Crippen LogP contribution is -2.35. The van der Waals surface area contributed by atoms with Crippen LogP contribution < -0.4 is 4.74 Å². The van der Waals surface area contributed by atoms with Crippen LogP contribution >= 0.6 is 0 Å². The van der Waals surface area contributed by atoms with E-state index >= 15 is 0 Å². The summed E-state index contributed by atoms with van der Waals surface area (Å²) in [6, 6.07) is 8.44. The maximum Gasteiger partial charge on any atom is 0.124 e. The predicted octanol–water partition coefficient (Wildman–Crippen LogP) is 2.96. The van der Waals surface area contributed by atoms with Crippen LogP contribution in [0.25, 0.3) is 0 Å². The predicted molar refractivity (Wildman–Crippen MR) is 79.8 cm³/mol. The zero-order valence-electron chi connectivity index (χ0n) is 12.1. The number of rotatable bonds is 4. The number of hydrogen-bond acceptors (Lipinski definition) is 3. The number of para-hydroxylation sites is 1. The number of aliphatic hydroxyl groups is 1. The molecule has 1 N–H and O–H groups in total. The average molecular weight is 275 g/mol. The summed E-state index contributed by atoms with van der Waals surface area (Å²) in [4.78, 5) is 2.42. The Labute approximate surface area is 121 Å². The Morgan fingerprint density at radius 3 is 2.50 bits per heavy atom. The lowest BCUT2D eigenvalue weighted by molar-refractivity contribution is 0.0784. The van der Waals surface area contributed by atoms with Gasteiger partial charge < -0.3 is 9.84 Å². The van der Waals surface area contributed by atoms with Crippen molar-refractivity contribution >= 4 is 0 Å². The molecule has 1 aromatic rings. The molecule has 0 spiro atoms. The number of aliphatic hydroxyl groups excluding tert-OH is 1. The third-order valence-electron chi connectivity index (χ3n) is 4.52. The molecule has 1 heterocycles. The maximum atomic E-state index is 9.59. The van der Waals surface area contributed by atoms with Crippen LogP contribution in [0.15, 0.2) is 24.3 Å². The highest BCUT2D eigenvalue weighted by molar-refractivity contribution is 5.33. The Balaban J connectivity index is 1.63. The average Bonchev–Trinajstić information content (AvgIpc) is 2.96. The first-order valence-electron chi connectivity index (χ1n) is 7.96. The Kier molecular flexibility index (Phi) is 4.58. The molecule has 1 saturated carbocycles. The molecule has 0 radical (unpaired) electrons. The van der Waals surface area contributed by atoms with Crippen molar-refractivity contribution in [3.05, 3.63) is 29.8 Å². The molecule has 2 aliphatic rings. The summed E-state index contributed by atoms with van der Waals surface area (Å²) < 4.78 is 6.19. The van der Waals surface area contributed by atoms with Crippen LogP contribution in [0.1, 0.15) is 44.1 Å². The summed E-state index contributed by atoms with van der Waals surface area (Å²) in [6.07, 6.45) is 7.11. The topological polar surface area (TPSA) is 32.7 Å². The van der Waals surface area contributed by atoms with Crippen molar-refractivity contribution in [3.8, 4) is 5.75 Å². The fraction of sp³-hybridized carbons (Fsp3) is 0.647. The quantitative estimate of drug-likeness (QED) is 0.917. The number of piperidine rings is 1. The molecule has 0 aromatic heterocycles. The summed E-state index contributed by atoms with van der Waals surface area (Å²) in [5.74, 6) is 1.06. The van der Waals surface area contributed by atoms with Crippen LogP contribution in [0.4, 0.5) is 0 Å². The maximum absolute atomic E-state index is 9.59. The number of likely N-dealkylation sites (tertiary alicyclic amines) is 1. The van der Waals surface area contributed by atoms with Crippen molar-refractivity contribution in [1.29, 1.82) is 0 Å². The van der Waals surface area contributed by atoms with Crippen LogP contribution in [0.3, 0.4) is 0 Å². The molecule has 110 valence electrons. The van der Waals surface area contributed by atoms with Gasteiger partial charge in [-0.3, -0.25) is 4.90 Å². The summed E-state index contributed by atoms with van der Waals surface area (Å²) >= 11 is 0. The van der Waals surface area contributed by atoms with Gasteiger partial charge in [0.2, 0.25) is 0 Å². The second-order valence-corrected chi connectivity index (χ2v) is 6.14. The second-order valence-electron chi connectivity index (χ2n) is 6.14. The SMILES string of the molecule is OC1CCN(Cc2ccccc2OC2CCCC2)CC1. The van der Waals surface area contributed by atoms with Gasteiger partial charge in [0.1, 0.15) is 5.75 Å². The summed E-state index contributed by atoms with van der Waals surface area (Å²) in [7, 11) is 0. The number of nitrogens with zero attached hydrogens (tertiary/aromatic N) is 1. The molecule has 0 bridgehead atoms. The molecule has 1 saturated heterocycles. The van der Waals surface area contributed by atoms with Gasteiger partial charge in [-0.2, -0.15) is 0 Å². The molecule has 1 aliphatic carbocycles. The van der Waals surface area contributed by atoms with E-state index in [4.69, 9.17) is 4.74 Å². The van der Waals surface area contributed by atoms with Crippen molar-refractivity contribution in [2.75, 3.05) is 13.1 Å². The number of hydrogen-bond donors (Lipinski definition) is 1. The highest BCUT2D eigenvalue weighted by Crippen LogP contribution is 2.27. The minimum absolute atomic E-state index is 0.101. The normalized spacial score (nSPS) is 22.2. The first kappa shape index (κ1) is 13.9. The van der Waals surface area contributed by atoms with Gasteiger partial charge in [0, 0.05) is 25.2 Å². The summed E-state index contributed by atoms with van der Waals surface area (Å²) in [6.45, 7) is 2.91. The lowest BCUT2D eigenvalue weighted by Gasteiger charge is -2.30. The molecule has 1 aromatic carbocycles. The van der Waals surface area contributed by atoms with Crippen LogP contribution in [0, 0.1) is 0 Å². The molecule has 20 heavy (non-hydrogen) atoms. The van der Waals surface area contributed by atoms with Gasteiger partial charge in [-0.1, -0.05) is 18.2 Å². The summed E-state index contributed by atoms with van der Waals surface area (Å²) in [5.41, 5.74) is 1.29. The van der Waals surface area contributed by atoms with E-state index in [0.717, 1.165) is 38.2 Å². The van der Waals surface area contributed by atoms with E-state index in [1.54, 1.807) is 0 Å². The molecular formula is C17H25NO2. The minimum Gasteiger partial charge on any atom is -0.490 e. The van der Waals surface area contributed by atoms with Crippen molar-refractivity contribution < 1.29 is 9.84 Å². The minimum atomic E-state index is -0.101. The van der Waals surface area contributed by atoms with E-state index in [2.05, 4.69) is 29.2 Å². The van der Waals surface area contributed by atoms with Crippen molar-refractivity contribution in [1.82, 2.24) is 4.90 Å². The second kappa shape index (κ2) is 6.59. The van der Waals surface area contributed by atoms with Crippen LogP contribution in [-0.4, -0.2) is 35.3 Å². The van der Waals surface area contributed by atoms with E-state index in [9.17, 15) is 5.11 Å². The molecule has 3 heteroatoms. The standard InChI is InChI=1S/C17H25NO2/c19-15-9-11-18(12-10-15)13-14-5-1-4-8-17(14)20-16-6-2-3-7-16/h1,4-5,8,15-16,19H,2-3,6-7,9-13H2. The van der Waals surface area contributed by atoms with E-state index in [1.807, 2.05) is 0 Å². The molecule has 0 amide bonds. The summed E-state index contributed by atoms with van der Waals surface area (Å²) in [5, 5.41) is 9.59. The van der Waals surface area contributed by atoms with Crippen LogP contribution in [-0.2, 0) is 6.54 Å². The fourth-order valence-corrected chi connectivity index (χ4v) is 3.25. The van der Waals surface area contributed by atoms with Gasteiger partial charge in [0.25, 0.3) is 0 Å². The Hall–Kier alpha value is -1.06. The lowest BCUT2D eigenvalue weighted by atomic mass is 10.1. The van der Waals surface area contributed by atoms with Crippen LogP contribution in [0.5, 0.6) is 5.75 Å². The third kappa shape index (κ3) is 3.53. The van der Waals surface area contributed by atoms with Crippen molar-refractivity contribution in [2.45, 2.75) is 57.3 Å². The Morgan fingerprint density at radius 1 is 1.05 bits per heavy atom. The van der Waals surface area contributed by atoms with Gasteiger partial charge >= 0.3 is 0 Å². The molecule has 2 fully saturated rings. The smallest absolute Gasteiger partial charge is 0.124 e. The van der Waals surface area contributed by atoms with Crippen molar-refractivity contribution in [2.24, 2.45) is 0 Å². The van der Waals surface area contributed by atoms with E-state index in [1.165, 1.54) is 31.2 Å². The van der Waals surface area contributed by atoms with E-state index in [-0.39, 0.29) is 6.10 Å². The molecule has 0 unspecified atom stereocenters. The van der Waals surface area contributed by atoms with Gasteiger partial charge in [0.15, 0.2) is 0 Å². The van der Waals surface area contributed by atoms with Crippen LogP contribution in [0.2, 0.25) is 0 Å². The molecule has 0 atom stereocenters. The van der Waals surface area contributed by atoms with Gasteiger partial charge in [-0.15, -0.1) is 0 Å². The molecule has 3 rings (SSSR count). The first-order chi connectivity index (χ1) is 9.81. The zero-order valence-corrected chi connectivity index (χ0v) is 12.1.